The second kappa shape index (κ2) is 6.64. The third-order valence-corrected chi connectivity index (χ3v) is 2.79. The van der Waals surface area contributed by atoms with Gasteiger partial charge in [0.05, 0.1) is 10.7 Å². The number of aliphatic carboxylic acids is 2. The lowest BCUT2D eigenvalue weighted by atomic mass is 10.3. The van der Waals surface area contributed by atoms with Gasteiger partial charge in [-0.2, -0.15) is 0 Å². The molecule has 1 amide bonds. The van der Waals surface area contributed by atoms with E-state index in [9.17, 15) is 14.4 Å². The summed E-state index contributed by atoms with van der Waals surface area (Å²) < 4.78 is 0. The molecule has 0 aliphatic rings. The van der Waals surface area contributed by atoms with Gasteiger partial charge in [0, 0.05) is 11.5 Å². The first-order valence-corrected chi connectivity index (χ1v) is 6.09. The molecule has 0 atom stereocenters. The van der Waals surface area contributed by atoms with E-state index in [1.165, 1.54) is 17.4 Å². The summed E-state index contributed by atoms with van der Waals surface area (Å²) in [6.07, 6.45) is 2.53. The number of amides is 1. The lowest BCUT2D eigenvalue weighted by Crippen LogP contribution is -2.38. The van der Waals surface area contributed by atoms with Gasteiger partial charge in [-0.15, -0.1) is 11.3 Å². The number of aromatic nitrogens is 1. The number of rotatable bonds is 6. The summed E-state index contributed by atoms with van der Waals surface area (Å²) in [5, 5.41) is 19.8. The number of aryl methyl sites for hydroxylation is 1. The largest absolute Gasteiger partial charge is 0.480 e. The second-order valence-corrected chi connectivity index (χ2v) is 4.67. The van der Waals surface area contributed by atoms with E-state index < -0.39 is 30.9 Å². The van der Waals surface area contributed by atoms with E-state index in [0.717, 1.165) is 16.0 Å². The number of nitrogens with zero attached hydrogens (tertiary/aromatic N) is 2. The van der Waals surface area contributed by atoms with Gasteiger partial charge in [-0.3, -0.25) is 14.4 Å². The third-order valence-electron chi connectivity index (χ3n) is 2.00. The van der Waals surface area contributed by atoms with Gasteiger partial charge >= 0.3 is 11.9 Å². The zero-order valence-electron chi connectivity index (χ0n) is 10.1. The number of hydrogen-bond acceptors (Lipinski definition) is 5. The lowest BCUT2D eigenvalue weighted by molar-refractivity contribution is -0.147. The Bertz CT molecular complexity index is 507. The SMILES string of the molecule is Cc1nc(C=CC(=O)N(CC(=O)O)CC(=O)O)cs1. The maximum Gasteiger partial charge on any atom is 0.323 e. The molecule has 0 aliphatic carbocycles. The molecule has 0 saturated heterocycles. The van der Waals surface area contributed by atoms with Gasteiger partial charge in [0.1, 0.15) is 13.1 Å². The predicted octanol–water partition coefficient (Wildman–Crippen LogP) is 0.463. The fourth-order valence-electron chi connectivity index (χ4n) is 1.26. The fourth-order valence-corrected chi connectivity index (χ4v) is 1.84. The van der Waals surface area contributed by atoms with E-state index in [-0.39, 0.29) is 0 Å². The molecule has 0 radical (unpaired) electrons. The molecule has 1 heterocycles. The van der Waals surface area contributed by atoms with Crippen molar-refractivity contribution in [1.82, 2.24) is 9.88 Å². The summed E-state index contributed by atoms with van der Waals surface area (Å²) in [6, 6.07) is 0. The first kappa shape index (κ1) is 14.8. The van der Waals surface area contributed by atoms with Crippen molar-refractivity contribution in [2.75, 3.05) is 13.1 Å². The van der Waals surface area contributed by atoms with Crippen molar-refractivity contribution in [2.45, 2.75) is 6.92 Å². The van der Waals surface area contributed by atoms with Crippen LogP contribution < -0.4 is 0 Å². The van der Waals surface area contributed by atoms with Gasteiger partial charge in [0.2, 0.25) is 5.91 Å². The molecule has 0 spiro atoms. The third kappa shape index (κ3) is 5.30. The minimum atomic E-state index is -1.27. The highest BCUT2D eigenvalue weighted by atomic mass is 32.1. The average Bonchev–Trinajstić information content (AvgIpc) is 2.70. The molecule has 1 aromatic heterocycles. The summed E-state index contributed by atoms with van der Waals surface area (Å²) in [5.74, 6) is -3.23. The molecule has 102 valence electrons. The van der Waals surface area contributed by atoms with Crippen molar-refractivity contribution in [3.8, 4) is 0 Å². The number of carbonyl (C=O) groups excluding carboxylic acids is 1. The molecule has 2 N–H and O–H groups in total. The molecule has 0 bridgehead atoms. The van der Waals surface area contributed by atoms with Crippen LogP contribution in [0.3, 0.4) is 0 Å². The van der Waals surface area contributed by atoms with Crippen LogP contribution in [0.1, 0.15) is 10.7 Å². The van der Waals surface area contributed by atoms with Gasteiger partial charge in [-0.25, -0.2) is 4.98 Å². The monoisotopic (exact) mass is 284 g/mol. The normalized spacial score (nSPS) is 10.6. The van der Waals surface area contributed by atoms with Crippen LogP contribution in [0.5, 0.6) is 0 Å². The van der Waals surface area contributed by atoms with E-state index >= 15 is 0 Å². The Balaban J connectivity index is 2.73. The molecular weight excluding hydrogens is 272 g/mol. The number of carbonyl (C=O) groups is 3. The highest BCUT2D eigenvalue weighted by Crippen LogP contribution is 2.09. The van der Waals surface area contributed by atoms with Gasteiger partial charge in [0.25, 0.3) is 0 Å². The number of carboxylic acids is 2. The van der Waals surface area contributed by atoms with Crippen LogP contribution in [0, 0.1) is 6.92 Å². The van der Waals surface area contributed by atoms with E-state index in [1.807, 2.05) is 6.92 Å². The molecule has 1 aromatic rings. The van der Waals surface area contributed by atoms with Crippen molar-refractivity contribution in [2.24, 2.45) is 0 Å². The molecule has 7 nitrogen and oxygen atoms in total. The van der Waals surface area contributed by atoms with Crippen LogP contribution in [-0.2, 0) is 14.4 Å². The molecule has 1 rings (SSSR count). The fraction of sp³-hybridized carbons (Fsp3) is 0.273. The molecule has 0 aliphatic heterocycles. The Morgan fingerprint density at radius 2 is 1.89 bits per heavy atom. The quantitative estimate of drug-likeness (QED) is 0.735. The first-order chi connectivity index (χ1) is 8.88. The Morgan fingerprint density at radius 3 is 2.32 bits per heavy atom. The highest BCUT2D eigenvalue weighted by molar-refractivity contribution is 7.09. The topological polar surface area (TPSA) is 108 Å². The van der Waals surface area contributed by atoms with Crippen molar-refractivity contribution in [3.63, 3.8) is 0 Å². The molecular formula is C11H12N2O5S. The minimum Gasteiger partial charge on any atom is -0.480 e. The predicted molar refractivity (Wildman–Crippen MR) is 67.7 cm³/mol. The van der Waals surface area contributed by atoms with Gasteiger partial charge < -0.3 is 15.1 Å². The number of carboxylic acid groups (broad SMARTS) is 2. The van der Waals surface area contributed by atoms with Crippen molar-refractivity contribution in [1.29, 1.82) is 0 Å². The Hall–Kier alpha value is -2.22. The lowest BCUT2D eigenvalue weighted by Gasteiger charge is -2.15. The summed E-state index contributed by atoms with van der Waals surface area (Å²) >= 11 is 1.41. The maximum absolute atomic E-state index is 11.7. The smallest absolute Gasteiger partial charge is 0.323 e. The molecule has 19 heavy (non-hydrogen) atoms. The molecule has 8 heteroatoms. The molecule has 0 saturated carbocycles. The van der Waals surface area contributed by atoms with Crippen LogP contribution in [0.25, 0.3) is 6.08 Å². The van der Waals surface area contributed by atoms with Crippen LogP contribution in [0.4, 0.5) is 0 Å². The van der Waals surface area contributed by atoms with Crippen LogP contribution in [0.15, 0.2) is 11.5 Å². The zero-order chi connectivity index (χ0) is 14.4. The standard InChI is InChI=1S/C11H12N2O5S/c1-7-12-8(6-19-7)2-3-9(14)13(4-10(15)16)5-11(17)18/h2-3,6H,4-5H2,1H3,(H,15,16)(H,17,18). The van der Waals surface area contributed by atoms with E-state index in [2.05, 4.69) is 4.98 Å². The number of hydrogen-bond donors (Lipinski definition) is 2. The maximum atomic E-state index is 11.7. The average molecular weight is 284 g/mol. The zero-order valence-corrected chi connectivity index (χ0v) is 10.9. The van der Waals surface area contributed by atoms with E-state index in [4.69, 9.17) is 10.2 Å². The molecule has 0 aromatic carbocycles. The van der Waals surface area contributed by atoms with Crippen molar-refractivity contribution >= 4 is 35.3 Å². The van der Waals surface area contributed by atoms with Crippen molar-refractivity contribution < 1.29 is 24.6 Å². The Labute approximate surface area is 112 Å². The first-order valence-electron chi connectivity index (χ1n) is 5.21. The summed E-state index contributed by atoms with van der Waals surface area (Å²) in [4.78, 5) is 37.6. The summed E-state index contributed by atoms with van der Waals surface area (Å²) in [6.45, 7) is 0.488. The van der Waals surface area contributed by atoms with Crippen LogP contribution >= 0.6 is 11.3 Å². The van der Waals surface area contributed by atoms with Gasteiger partial charge in [0.15, 0.2) is 0 Å². The van der Waals surface area contributed by atoms with E-state index in [0.29, 0.717) is 5.69 Å². The molecule has 0 fully saturated rings. The summed E-state index contributed by atoms with van der Waals surface area (Å²) in [5.41, 5.74) is 0.571. The van der Waals surface area contributed by atoms with Crippen LogP contribution in [-0.4, -0.2) is 51.0 Å². The van der Waals surface area contributed by atoms with Crippen molar-refractivity contribution in [3.05, 3.63) is 22.2 Å². The minimum absolute atomic E-state index is 0.571. The van der Waals surface area contributed by atoms with Gasteiger partial charge in [-0.05, 0) is 13.0 Å². The number of thiazole rings is 1. The summed E-state index contributed by atoms with van der Waals surface area (Å²) in [7, 11) is 0. The highest BCUT2D eigenvalue weighted by Gasteiger charge is 2.17. The van der Waals surface area contributed by atoms with Crippen LogP contribution in [0.2, 0.25) is 0 Å². The Morgan fingerprint density at radius 1 is 1.32 bits per heavy atom. The van der Waals surface area contributed by atoms with E-state index in [1.54, 1.807) is 5.38 Å². The Kier molecular flexibility index (Phi) is 5.19. The second-order valence-electron chi connectivity index (χ2n) is 3.61. The molecule has 0 unspecified atom stereocenters. The van der Waals surface area contributed by atoms with Gasteiger partial charge in [-0.1, -0.05) is 0 Å².